The molecule has 3 unspecified atom stereocenters. The predicted molar refractivity (Wildman–Crippen MR) is 513 cm³/mol. The van der Waals surface area contributed by atoms with Crippen LogP contribution in [0, 0.1) is 27.2 Å². The summed E-state index contributed by atoms with van der Waals surface area (Å²) in [4.78, 5) is 85.2. The maximum Gasteiger partial charge on any atom is 0.426 e. The van der Waals surface area contributed by atoms with Crippen molar-refractivity contribution in [3.05, 3.63) is 341 Å². The first-order chi connectivity index (χ1) is 63.2. The molecule has 2 aromatic heterocycles. The smallest absolute Gasteiger partial charge is 0.426 e. The molecule has 0 aliphatic rings. The first-order valence-corrected chi connectivity index (χ1v) is 51.7. The van der Waals surface area contributed by atoms with Gasteiger partial charge in [-0.3, -0.25) is 0 Å². The molecule has 0 aliphatic heterocycles. The Bertz CT molecular complexity index is 6520. The largest absolute Gasteiger partial charge is 0.748 e. The third-order valence-electron chi connectivity index (χ3n) is 17.2. The summed E-state index contributed by atoms with van der Waals surface area (Å²) in [6, 6.07) is 83.0. The summed E-state index contributed by atoms with van der Waals surface area (Å²) < 4.78 is 265. The summed E-state index contributed by atoms with van der Waals surface area (Å²) in [6.45, 7) is 13.2. The van der Waals surface area contributed by atoms with Crippen LogP contribution in [0.25, 0.3) is 50.1 Å². The first kappa shape index (κ1) is 110. The normalized spacial score (nSPS) is 12.1. The van der Waals surface area contributed by atoms with E-state index >= 15 is 0 Å². The number of carbonyl (C=O) groups excluding carboxylic acids is 7. The number of hydrogen-bond donors (Lipinski definition) is 0. The highest BCUT2D eigenvalue weighted by Crippen LogP contribution is 2.50. The Kier molecular flexibility index (Phi) is 40.4. The average Bonchev–Trinajstić information content (AvgIpc) is 1.60. The van der Waals surface area contributed by atoms with Crippen molar-refractivity contribution in [2.75, 3.05) is 23.9 Å². The highest BCUT2D eigenvalue weighted by molar-refractivity contribution is 14.1. The summed E-state index contributed by atoms with van der Waals surface area (Å²) in [7, 11) is -15.9. The number of halogens is 15. The van der Waals surface area contributed by atoms with Gasteiger partial charge in [0.25, 0.3) is 0 Å². The molecule has 710 valence electrons. The van der Waals surface area contributed by atoms with Crippen LogP contribution in [-0.2, 0) is 68.5 Å². The Balaban J connectivity index is 0.000000202. The third-order valence-corrected chi connectivity index (χ3v) is 29.9. The highest BCUT2D eigenvalue weighted by Gasteiger charge is 2.47. The van der Waals surface area contributed by atoms with E-state index < -0.39 is 155 Å². The molecular weight excluding hydrogens is 2460 g/mol. The van der Waals surface area contributed by atoms with Crippen LogP contribution < -0.4 is 35.4 Å². The molecule has 11 aromatic carbocycles. The van der Waals surface area contributed by atoms with Gasteiger partial charge in [-0.15, -0.1) is 0 Å². The van der Waals surface area contributed by atoms with Crippen molar-refractivity contribution in [1.29, 1.82) is 0 Å². The molecule has 23 nitrogen and oxygen atoms in total. The van der Waals surface area contributed by atoms with Crippen molar-refractivity contribution < 1.29 is 171 Å². The van der Waals surface area contributed by atoms with Crippen molar-refractivity contribution in [2.24, 2.45) is 0 Å². The summed E-state index contributed by atoms with van der Waals surface area (Å²) in [5.41, 5.74) is -1.43. The molecule has 135 heavy (non-hydrogen) atoms. The SMILES string of the molecule is C=C(C)C(=O)OCC(=O)Oc1c(I)cc(I)cc1C(=O)OC(CS(=O)(=O)[O-])C(F)(F)F.C=C(C)C(=O)Oc1cc(C(=O)OC(CS(=O)(=O)[O-])C(F)(F)F)ccc1I.C=C(C)C(=O)Oc1cc(C(=O)OC(CS(=O)(=O)[O-])C(F)(F)F)ccc1I.Fc1ccc([I+]c2ccccc2)cc1.c1ccc(-[s+]2c3ccccc3c3ccccc32)cc1.c1ccc(-[s+]2c3ccccc3c3ccccc32)cc1. The minimum Gasteiger partial charge on any atom is -0.748 e. The number of esters is 7. The van der Waals surface area contributed by atoms with Gasteiger partial charge in [0.15, 0.2) is 48.1 Å². The van der Waals surface area contributed by atoms with E-state index in [2.05, 4.69) is 209 Å². The van der Waals surface area contributed by atoms with Crippen LogP contribution >= 0.6 is 111 Å². The highest BCUT2D eigenvalue weighted by atomic mass is 127. The second kappa shape index (κ2) is 49.4. The second-order valence-electron chi connectivity index (χ2n) is 27.8. The predicted octanol–water partition coefficient (Wildman–Crippen LogP) is 18.8. The van der Waals surface area contributed by atoms with E-state index in [1.54, 1.807) is 90.4 Å². The number of hydrogen-bond acceptors (Lipinski definition) is 23. The van der Waals surface area contributed by atoms with E-state index in [0.717, 1.165) is 30.3 Å². The number of alkyl halides is 9. The Labute approximate surface area is 835 Å². The average molecular weight is 2530 g/mol. The van der Waals surface area contributed by atoms with Crippen molar-refractivity contribution >= 4 is 224 Å². The minimum absolute atomic E-state index is 0.00701. The maximum atomic E-state index is 13.0. The number of carbonyl (C=O) groups is 7. The lowest BCUT2D eigenvalue weighted by atomic mass is 10.2. The fourth-order valence-electron chi connectivity index (χ4n) is 11.1. The molecule has 0 N–H and O–H groups in total. The van der Waals surface area contributed by atoms with Crippen molar-refractivity contribution in [3.8, 4) is 27.0 Å². The van der Waals surface area contributed by atoms with Crippen LogP contribution in [0.15, 0.2) is 297 Å². The van der Waals surface area contributed by atoms with Crippen LogP contribution in [0.1, 0.15) is 51.8 Å². The number of fused-ring (bicyclic) bond motifs is 6. The van der Waals surface area contributed by atoms with Gasteiger partial charge in [-0.05, 0) is 269 Å². The van der Waals surface area contributed by atoms with Crippen LogP contribution in [0.5, 0.6) is 17.2 Å². The molecule has 0 aliphatic carbocycles. The molecule has 0 spiro atoms. The standard InChI is InChI=1S/2C18H13S.C16H13F3I2O9S.2C14H12F3IO7S.C12H9FI/c2*1-2-8-14(9-3-1)19-17-12-6-4-10-15(17)16-11-5-7-13-18(16)19;1-7(2)14(23)28-5-12(22)30-13-9(3-8(20)4-10(13)21)15(24)29-11(16(17,18)19)6-31(25,26)27;2*1-7(2)12(19)24-10-5-8(3-4-9(10)18)13(20)25-11(14(15,16)17)6-26(21,22)23;13-10-6-8-12(9-7-10)14-11-4-2-1-3-5-11/h2*1-13H;3-4,11H,1,5-6H2,2H3,(H,25,26,27);2*3-5,11H,1,6H2,2H3,(H,21,22,23);1-9H/q2*+1;;;;+1/p-3. The summed E-state index contributed by atoms with van der Waals surface area (Å²) in [6.07, 6.45) is -25.4. The zero-order valence-electron chi connectivity index (χ0n) is 69.6. The first-order valence-electron chi connectivity index (χ1n) is 38.1. The quantitative estimate of drug-likeness (QED) is 0.00792. The molecule has 0 saturated carbocycles. The fraction of sp³-hybridized carbons (Fsp3) is 0.141. The molecule has 43 heteroatoms. The Morgan fingerprint density at radius 3 is 1.02 bits per heavy atom. The third kappa shape index (κ3) is 34.3. The van der Waals surface area contributed by atoms with E-state index in [1.165, 1.54) is 108 Å². The van der Waals surface area contributed by atoms with Crippen molar-refractivity contribution in [3.63, 3.8) is 0 Å². The number of rotatable bonds is 24. The molecule has 0 radical (unpaired) electrons. The second-order valence-corrected chi connectivity index (χ2v) is 43.8. The zero-order chi connectivity index (χ0) is 99.8. The molecule has 0 fully saturated rings. The van der Waals surface area contributed by atoms with E-state index in [-0.39, 0.29) is 79.8 Å². The molecule has 3 atom stereocenters. The van der Waals surface area contributed by atoms with Gasteiger partial charge in [-0.2, -0.15) is 39.5 Å². The van der Waals surface area contributed by atoms with Gasteiger partial charge in [0.2, 0.25) is 18.3 Å². The lowest BCUT2D eigenvalue weighted by molar-refractivity contribution is -0.597. The molecule has 0 saturated heterocycles. The van der Waals surface area contributed by atoms with E-state index in [0.29, 0.717) is 10.7 Å². The molecule has 0 amide bonds. The summed E-state index contributed by atoms with van der Waals surface area (Å²) >= 11 is 6.70. The monoisotopic (exact) mass is 2530 g/mol. The molecular formula is C92H69F10I5O23S5. The van der Waals surface area contributed by atoms with Crippen LogP contribution in [-0.4, -0.2) is 141 Å². The van der Waals surface area contributed by atoms with E-state index in [4.69, 9.17) is 14.2 Å². The minimum atomic E-state index is -5.39. The number of thiophene rings is 2. The Morgan fingerprint density at radius 2 is 0.696 bits per heavy atom. The molecule has 13 aromatic rings. The van der Waals surface area contributed by atoms with Gasteiger partial charge in [0.1, 0.15) is 22.9 Å². The van der Waals surface area contributed by atoms with Crippen LogP contribution in [0.4, 0.5) is 43.9 Å². The van der Waals surface area contributed by atoms with Crippen LogP contribution in [0.2, 0.25) is 0 Å². The van der Waals surface area contributed by atoms with Gasteiger partial charge >= 0.3 is 81.5 Å². The number of ether oxygens (including phenoxy) is 7. The molecule has 0 bridgehead atoms. The number of benzene rings is 11. The van der Waals surface area contributed by atoms with Gasteiger partial charge in [-0.1, -0.05) is 123 Å². The van der Waals surface area contributed by atoms with Gasteiger partial charge < -0.3 is 46.8 Å². The van der Waals surface area contributed by atoms with Crippen molar-refractivity contribution in [1.82, 2.24) is 0 Å². The maximum absolute atomic E-state index is 13.0. The fourth-order valence-corrected chi connectivity index (χ4v) is 22.9. The summed E-state index contributed by atoms with van der Waals surface area (Å²) in [5, 5.41) is 5.58. The Morgan fingerprint density at radius 1 is 0.385 bits per heavy atom. The molecule has 13 rings (SSSR count). The van der Waals surface area contributed by atoms with Crippen molar-refractivity contribution in [2.45, 2.75) is 57.6 Å². The van der Waals surface area contributed by atoms with Gasteiger partial charge in [0.05, 0.1) is 69.5 Å². The lowest BCUT2D eigenvalue weighted by Gasteiger charge is -2.22. The summed E-state index contributed by atoms with van der Waals surface area (Å²) in [5.74, 6) is -15.4. The van der Waals surface area contributed by atoms with Gasteiger partial charge in [0, 0.05) is 62.8 Å². The molecule has 2 heterocycles. The Hall–Kier alpha value is -9.95. The topological polar surface area (TPSA) is 356 Å². The van der Waals surface area contributed by atoms with E-state index in [9.17, 15) is 116 Å². The van der Waals surface area contributed by atoms with Crippen LogP contribution in [0.3, 0.4) is 0 Å². The van der Waals surface area contributed by atoms with Gasteiger partial charge in [-0.25, -0.2) is 63.2 Å². The zero-order valence-corrected chi connectivity index (χ0v) is 84.5. The van der Waals surface area contributed by atoms with E-state index in [1.807, 2.05) is 30.3 Å². The lowest BCUT2D eigenvalue weighted by Crippen LogP contribution is -3.61.